The molecule has 1 amide bonds. The number of rotatable bonds is 4. The van der Waals surface area contributed by atoms with Crippen LogP contribution in [0.5, 0.6) is 0 Å². The predicted molar refractivity (Wildman–Crippen MR) is 49.5 cm³/mol. The lowest BCUT2D eigenvalue weighted by Gasteiger charge is -2.18. The molecule has 1 aromatic heterocycles. The van der Waals surface area contributed by atoms with Crippen molar-refractivity contribution in [2.45, 2.75) is 6.92 Å². The normalized spacial score (nSPS) is 10.0. The Hall–Kier alpha value is -1.29. The number of aliphatic hydroxyl groups is 1. The SMILES string of the molecule is CCN(CCO)C(=O)c1ccc[nH]1. The van der Waals surface area contributed by atoms with E-state index in [1.807, 2.05) is 6.92 Å². The maximum Gasteiger partial charge on any atom is 0.270 e. The summed E-state index contributed by atoms with van der Waals surface area (Å²) < 4.78 is 0. The number of amides is 1. The predicted octanol–water partition coefficient (Wildman–Crippen LogP) is 0.469. The Bertz CT molecular complexity index is 257. The molecule has 4 nitrogen and oxygen atoms in total. The van der Waals surface area contributed by atoms with Gasteiger partial charge in [0.05, 0.1) is 6.61 Å². The number of nitrogens with one attached hydrogen (secondary N) is 1. The highest BCUT2D eigenvalue weighted by molar-refractivity contribution is 5.92. The van der Waals surface area contributed by atoms with Crippen LogP contribution in [-0.2, 0) is 0 Å². The van der Waals surface area contributed by atoms with E-state index in [0.717, 1.165) is 0 Å². The van der Waals surface area contributed by atoms with Crippen molar-refractivity contribution in [2.75, 3.05) is 19.7 Å². The van der Waals surface area contributed by atoms with Gasteiger partial charge in [-0.15, -0.1) is 0 Å². The number of carbonyl (C=O) groups is 1. The van der Waals surface area contributed by atoms with Crippen LogP contribution in [0.1, 0.15) is 17.4 Å². The van der Waals surface area contributed by atoms with Crippen LogP contribution in [0.4, 0.5) is 0 Å². The van der Waals surface area contributed by atoms with E-state index in [9.17, 15) is 4.79 Å². The summed E-state index contributed by atoms with van der Waals surface area (Å²) in [5.41, 5.74) is 0.565. The zero-order valence-electron chi connectivity index (χ0n) is 7.66. The maximum atomic E-state index is 11.6. The second kappa shape index (κ2) is 4.67. The fourth-order valence-corrected chi connectivity index (χ4v) is 1.16. The third kappa shape index (κ3) is 2.32. The van der Waals surface area contributed by atoms with Gasteiger partial charge in [-0.05, 0) is 19.1 Å². The smallest absolute Gasteiger partial charge is 0.270 e. The van der Waals surface area contributed by atoms with Crippen LogP contribution in [0.25, 0.3) is 0 Å². The van der Waals surface area contributed by atoms with Crippen molar-refractivity contribution in [1.29, 1.82) is 0 Å². The quantitative estimate of drug-likeness (QED) is 0.711. The molecule has 0 atom stereocenters. The number of carbonyl (C=O) groups excluding carboxylic acids is 1. The highest BCUT2D eigenvalue weighted by atomic mass is 16.3. The minimum Gasteiger partial charge on any atom is -0.395 e. The maximum absolute atomic E-state index is 11.6. The molecular weight excluding hydrogens is 168 g/mol. The molecule has 1 heterocycles. The van der Waals surface area contributed by atoms with Gasteiger partial charge in [0.15, 0.2) is 0 Å². The molecule has 0 aliphatic heterocycles. The highest BCUT2D eigenvalue weighted by Gasteiger charge is 2.13. The third-order valence-corrected chi connectivity index (χ3v) is 1.87. The van der Waals surface area contributed by atoms with Crippen molar-refractivity contribution in [3.63, 3.8) is 0 Å². The molecule has 2 N–H and O–H groups in total. The average molecular weight is 182 g/mol. The summed E-state index contributed by atoms with van der Waals surface area (Å²) in [7, 11) is 0. The van der Waals surface area contributed by atoms with Gasteiger partial charge in [0, 0.05) is 19.3 Å². The number of aromatic amines is 1. The van der Waals surface area contributed by atoms with E-state index in [4.69, 9.17) is 5.11 Å². The van der Waals surface area contributed by atoms with Crippen LogP contribution in [0.2, 0.25) is 0 Å². The lowest BCUT2D eigenvalue weighted by molar-refractivity contribution is 0.0727. The van der Waals surface area contributed by atoms with Gasteiger partial charge in [-0.1, -0.05) is 0 Å². The Morgan fingerprint density at radius 3 is 2.92 bits per heavy atom. The summed E-state index contributed by atoms with van der Waals surface area (Å²) in [4.78, 5) is 16.0. The standard InChI is InChI=1S/C9H14N2O2/c1-2-11(6-7-12)9(13)8-4-3-5-10-8/h3-5,10,12H,2,6-7H2,1H3. The van der Waals surface area contributed by atoms with Crippen molar-refractivity contribution in [1.82, 2.24) is 9.88 Å². The van der Waals surface area contributed by atoms with Gasteiger partial charge in [-0.3, -0.25) is 4.79 Å². The van der Waals surface area contributed by atoms with E-state index in [2.05, 4.69) is 4.98 Å². The first kappa shape index (κ1) is 9.80. The van der Waals surface area contributed by atoms with E-state index in [1.54, 1.807) is 23.2 Å². The first-order valence-electron chi connectivity index (χ1n) is 4.33. The number of aromatic nitrogens is 1. The summed E-state index contributed by atoms with van der Waals surface area (Å²) in [5, 5.41) is 8.71. The zero-order valence-corrected chi connectivity index (χ0v) is 7.66. The number of H-pyrrole nitrogens is 1. The number of nitrogens with zero attached hydrogens (tertiary/aromatic N) is 1. The molecule has 0 bridgehead atoms. The summed E-state index contributed by atoms with van der Waals surface area (Å²) in [6, 6.07) is 3.50. The van der Waals surface area contributed by atoms with Gasteiger partial charge in [-0.25, -0.2) is 0 Å². The van der Waals surface area contributed by atoms with Crippen LogP contribution in [-0.4, -0.2) is 40.6 Å². The van der Waals surface area contributed by atoms with Gasteiger partial charge in [0.1, 0.15) is 5.69 Å². The molecule has 13 heavy (non-hydrogen) atoms. The van der Waals surface area contributed by atoms with Gasteiger partial charge in [-0.2, -0.15) is 0 Å². The fraction of sp³-hybridized carbons (Fsp3) is 0.444. The van der Waals surface area contributed by atoms with E-state index < -0.39 is 0 Å². The van der Waals surface area contributed by atoms with Crippen LogP contribution >= 0.6 is 0 Å². The lowest BCUT2D eigenvalue weighted by atomic mass is 10.3. The first-order chi connectivity index (χ1) is 6.29. The fourth-order valence-electron chi connectivity index (χ4n) is 1.16. The summed E-state index contributed by atoms with van der Waals surface area (Å²) >= 11 is 0. The van der Waals surface area contributed by atoms with E-state index in [-0.39, 0.29) is 12.5 Å². The number of hydrogen-bond donors (Lipinski definition) is 2. The molecule has 0 saturated carbocycles. The van der Waals surface area contributed by atoms with Crippen molar-refractivity contribution in [3.8, 4) is 0 Å². The molecule has 72 valence electrons. The zero-order chi connectivity index (χ0) is 9.68. The Balaban J connectivity index is 2.65. The molecule has 0 saturated heterocycles. The minimum absolute atomic E-state index is 0.000286. The number of likely N-dealkylation sites (N-methyl/N-ethyl adjacent to an activating group) is 1. The minimum atomic E-state index is -0.0680. The molecule has 0 fully saturated rings. The van der Waals surface area contributed by atoms with Gasteiger partial charge in [0.2, 0.25) is 0 Å². The second-order valence-corrected chi connectivity index (χ2v) is 2.69. The van der Waals surface area contributed by atoms with Gasteiger partial charge >= 0.3 is 0 Å². The molecular formula is C9H14N2O2. The summed E-state index contributed by atoms with van der Waals surface area (Å²) in [6.45, 7) is 2.88. The molecule has 0 aliphatic carbocycles. The Morgan fingerprint density at radius 1 is 1.69 bits per heavy atom. The largest absolute Gasteiger partial charge is 0.395 e. The Kier molecular flexibility index (Phi) is 3.52. The topological polar surface area (TPSA) is 56.3 Å². The molecule has 4 heteroatoms. The van der Waals surface area contributed by atoms with Crippen LogP contribution < -0.4 is 0 Å². The van der Waals surface area contributed by atoms with Gasteiger partial charge < -0.3 is 15.0 Å². The van der Waals surface area contributed by atoms with Crippen molar-refractivity contribution in [2.24, 2.45) is 0 Å². The molecule has 0 unspecified atom stereocenters. The molecule has 0 aliphatic rings. The van der Waals surface area contributed by atoms with Crippen LogP contribution in [0, 0.1) is 0 Å². The molecule has 0 aromatic carbocycles. The molecule has 0 spiro atoms. The monoisotopic (exact) mass is 182 g/mol. The van der Waals surface area contributed by atoms with E-state index >= 15 is 0 Å². The van der Waals surface area contributed by atoms with E-state index in [0.29, 0.717) is 18.8 Å². The Labute approximate surface area is 77.2 Å². The third-order valence-electron chi connectivity index (χ3n) is 1.87. The lowest BCUT2D eigenvalue weighted by Crippen LogP contribution is -2.33. The van der Waals surface area contributed by atoms with Crippen LogP contribution in [0.3, 0.4) is 0 Å². The highest BCUT2D eigenvalue weighted by Crippen LogP contribution is 2.00. The summed E-state index contributed by atoms with van der Waals surface area (Å²) in [6.07, 6.45) is 1.71. The second-order valence-electron chi connectivity index (χ2n) is 2.69. The number of hydrogen-bond acceptors (Lipinski definition) is 2. The average Bonchev–Trinajstić information content (AvgIpc) is 2.65. The molecule has 0 radical (unpaired) electrons. The first-order valence-corrected chi connectivity index (χ1v) is 4.33. The van der Waals surface area contributed by atoms with Crippen LogP contribution in [0.15, 0.2) is 18.3 Å². The number of aliphatic hydroxyl groups excluding tert-OH is 1. The molecule has 1 aromatic rings. The molecule has 1 rings (SSSR count). The van der Waals surface area contributed by atoms with Crippen molar-refractivity contribution in [3.05, 3.63) is 24.0 Å². The van der Waals surface area contributed by atoms with E-state index in [1.165, 1.54) is 0 Å². The Morgan fingerprint density at radius 2 is 2.46 bits per heavy atom. The van der Waals surface area contributed by atoms with Crippen molar-refractivity contribution < 1.29 is 9.90 Å². The van der Waals surface area contributed by atoms with Crippen molar-refractivity contribution >= 4 is 5.91 Å². The van der Waals surface area contributed by atoms with Gasteiger partial charge in [0.25, 0.3) is 5.91 Å². The summed E-state index contributed by atoms with van der Waals surface area (Å²) in [5.74, 6) is -0.0680.